The molecule has 1 N–H and O–H groups in total. The lowest BCUT2D eigenvalue weighted by molar-refractivity contribution is 0.0161. The molecule has 0 bridgehead atoms. The molecule has 2 aliphatic rings. The molecular weight excluding hydrogens is 410 g/mol. The highest BCUT2D eigenvalue weighted by molar-refractivity contribution is 9.10. The maximum absolute atomic E-state index is 12.4. The zero-order valence-electron chi connectivity index (χ0n) is 15.4. The largest absolute Gasteiger partial charge is 0.444 e. The van der Waals surface area contributed by atoms with E-state index in [0.717, 1.165) is 39.3 Å². The summed E-state index contributed by atoms with van der Waals surface area (Å²) in [5, 5.41) is 3.04. The van der Waals surface area contributed by atoms with Gasteiger partial charge in [-0.25, -0.2) is 0 Å². The summed E-state index contributed by atoms with van der Waals surface area (Å²) >= 11 is 3.24. The van der Waals surface area contributed by atoms with Gasteiger partial charge in [0.2, 0.25) is 0 Å². The first-order chi connectivity index (χ1) is 13.1. The van der Waals surface area contributed by atoms with Crippen molar-refractivity contribution in [2.75, 3.05) is 51.3 Å². The van der Waals surface area contributed by atoms with Gasteiger partial charge in [0.1, 0.15) is 0 Å². The molecule has 27 heavy (non-hydrogen) atoms. The van der Waals surface area contributed by atoms with Gasteiger partial charge in [0.15, 0.2) is 10.4 Å². The van der Waals surface area contributed by atoms with E-state index in [-0.39, 0.29) is 11.9 Å². The molecule has 1 aromatic carbocycles. The molecule has 1 saturated heterocycles. The number of furan rings is 1. The number of halogens is 1. The fourth-order valence-electron chi connectivity index (χ4n) is 3.85. The summed E-state index contributed by atoms with van der Waals surface area (Å²) in [7, 11) is 2.13. The molecule has 1 unspecified atom stereocenters. The van der Waals surface area contributed by atoms with Crippen molar-refractivity contribution >= 4 is 27.5 Å². The van der Waals surface area contributed by atoms with Crippen LogP contribution in [-0.4, -0.2) is 57.2 Å². The Hall–Kier alpha value is -1.83. The standard InChI is InChI=1S/C20H24BrN3O3/c1-23-7-6-15-12-14(2-3-16(15)23)17(24-8-10-26-11-9-24)13-22-20(25)18-4-5-19(21)27-18/h2-5,12,17H,6-11,13H2,1H3,(H,22,25). The molecule has 1 fully saturated rings. The zero-order chi connectivity index (χ0) is 18.8. The molecule has 2 aliphatic heterocycles. The average Bonchev–Trinajstić information content (AvgIpc) is 3.29. The number of benzene rings is 1. The Labute approximate surface area is 167 Å². The summed E-state index contributed by atoms with van der Waals surface area (Å²) in [6.07, 6.45) is 1.07. The highest BCUT2D eigenvalue weighted by Crippen LogP contribution is 2.31. The van der Waals surface area contributed by atoms with E-state index in [1.807, 2.05) is 0 Å². The maximum atomic E-state index is 12.4. The minimum atomic E-state index is -0.195. The number of morpholine rings is 1. The van der Waals surface area contributed by atoms with Gasteiger partial charge in [-0.1, -0.05) is 12.1 Å². The molecule has 1 aromatic heterocycles. The Balaban J connectivity index is 1.53. The number of carbonyl (C=O) groups excluding carboxylic acids is 1. The van der Waals surface area contributed by atoms with Crippen LogP contribution in [0, 0.1) is 0 Å². The van der Waals surface area contributed by atoms with E-state index in [1.165, 1.54) is 16.8 Å². The molecule has 6 nitrogen and oxygen atoms in total. The first-order valence-electron chi connectivity index (χ1n) is 9.31. The quantitative estimate of drug-likeness (QED) is 0.785. The molecule has 1 atom stereocenters. The van der Waals surface area contributed by atoms with Gasteiger partial charge in [-0.05, 0) is 51.7 Å². The van der Waals surface area contributed by atoms with E-state index in [4.69, 9.17) is 9.15 Å². The average molecular weight is 434 g/mol. The molecule has 2 aromatic rings. The molecule has 4 rings (SSSR count). The number of hydrogen-bond donors (Lipinski definition) is 1. The Morgan fingerprint density at radius 3 is 2.78 bits per heavy atom. The third-order valence-corrected chi connectivity index (χ3v) is 5.78. The molecule has 1 amide bonds. The molecule has 3 heterocycles. The molecule has 0 spiro atoms. The van der Waals surface area contributed by atoms with Gasteiger partial charge in [-0.15, -0.1) is 0 Å². The number of rotatable bonds is 5. The van der Waals surface area contributed by atoms with Gasteiger partial charge in [0.05, 0.1) is 19.3 Å². The first-order valence-corrected chi connectivity index (χ1v) is 10.1. The summed E-state index contributed by atoms with van der Waals surface area (Å²) < 4.78 is 11.4. The third kappa shape index (κ3) is 4.05. The first kappa shape index (κ1) is 18.5. The predicted octanol–water partition coefficient (Wildman–Crippen LogP) is 2.84. The van der Waals surface area contributed by atoms with E-state index in [0.29, 0.717) is 17.0 Å². The number of nitrogens with zero attached hydrogens (tertiary/aromatic N) is 2. The van der Waals surface area contributed by atoms with Crippen molar-refractivity contribution in [2.45, 2.75) is 12.5 Å². The van der Waals surface area contributed by atoms with Crippen LogP contribution in [0.25, 0.3) is 0 Å². The zero-order valence-corrected chi connectivity index (χ0v) is 17.0. The van der Waals surface area contributed by atoms with Crippen LogP contribution >= 0.6 is 15.9 Å². The summed E-state index contributed by atoms with van der Waals surface area (Å²) in [5.41, 5.74) is 3.94. The molecule has 7 heteroatoms. The molecular formula is C20H24BrN3O3. The van der Waals surface area contributed by atoms with Gasteiger partial charge >= 0.3 is 0 Å². The lowest BCUT2D eigenvalue weighted by Gasteiger charge is -2.35. The number of hydrogen-bond acceptors (Lipinski definition) is 5. The van der Waals surface area contributed by atoms with Gasteiger partial charge in [-0.3, -0.25) is 9.69 Å². The van der Waals surface area contributed by atoms with Crippen LogP contribution < -0.4 is 10.2 Å². The SMILES string of the molecule is CN1CCc2cc(C(CNC(=O)c3ccc(Br)o3)N3CCOCC3)ccc21. The summed E-state index contributed by atoms with van der Waals surface area (Å²) in [5.74, 6) is 0.123. The van der Waals surface area contributed by atoms with E-state index in [2.05, 4.69) is 56.3 Å². The number of amides is 1. The highest BCUT2D eigenvalue weighted by Gasteiger charge is 2.26. The maximum Gasteiger partial charge on any atom is 0.287 e. The second kappa shape index (κ2) is 8.04. The van der Waals surface area contributed by atoms with E-state index >= 15 is 0 Å². The smallest absolute Gasteiger partial charge is 0.287 e. The van der Waals surface area contributed by atoms with Crippen LogP contribution in [0.1, 0.15) is 27.7 Å². The number of ether oxygens (including phenoxy) is 1. The van der Waals surface area contributed by atoms with E-state index in [9.17, 15) is 4.79 Å². The van der Waals surface area contributed by atoms with E-state index < -0.39 is 0 Å². The number of carbonyl (C=O) groups is 1. The molecule has 144 valence electrons. The summed E-state index contributed by atoms with van der Waals surface area (Å²) in [6.45, 7) is 4.77. The lowest BCUT2D eigenvalue weighted by Crippen LogP contribution is -2.43. The molecule has 0 aliphatic carbocycles. The Bertz CT molecular complexity index is 817. The van der Waals surface area contributed by atoms with Crippen molar-refractivity contribution in [3.63, 3.8) is 0 Å². The van der Waals surface area contributed by atoms with Crippen molar-refractivity contribution in [3.8, 4) is 0 Å². The minimum Gasteiger partial charge on any atom is -0.444 e. The van der Waals surface area contributed by atoms with Crippen LogP contribution in [0.4, 0.5) is 5.69 Å². The van der Waals surface area contributed by atoms with Gasteiger partial charge in [-0.2, -0.15) is 0 Å². The number of likely N-dealkylation sites (N-methyl/N-ethyl adjacent to an activating group) is 1. The van der Waals surface area contributed by atoms with Crippen LogP contribution in [0.5, 0.6) is 0 Å². The van der Waals surface area contributed by atoms with Crippen molar-refractivity contribution in [3.05, 3.63) is 51.9 Å². The van der Waals surface area contributed by atoms with Gasteiger partial charge in [0, 0.05) is 38.9 Å². The normalized spacial score (nSPS) is 18.4. The van der Waals surface area contributed by atoms with Gasteiger partial charge < -0.3 is 19.4 Å². The Morgan fingerprint density at radius 1 is 1.22 bits per heavy atom. The fraction of sp³-hybridized carbons (Fsp3) is 0.450. The fourth-order valence-corrected chi connectivity index (χ4v) is 4.16. The second-order valence-corrected chi connectivity index (χ2v) is 7.82. The monoisotopic (exact) mass is 433 g/mol. The van der Waals surface area contributed by atoms with Crippen molar-refractivity contribution < 1.29 is 13.9 Å². The highest BCUT2D eigenvalue weighted by atomic mass is 79.9. The summed E-state index contributed by atoms with van der Waals surface area (Å²) in [4.78, 5) is 17.1. The van der Waals surface area contributed by atoms with Crippen LogP contribution in [-0.2, 0) is 11.2 Å². The second-order valence-electron chi connectivity index (χ2n) is 7.04. The minimum absolute atomic E-state index is 0.118. The number of nitrogens with one attached hydrogen (secondary N) is 1. The van der Waals surface area contributed by atoms with E-state index in [1.54, 1.807) is 12.1 Å². The summed E-state index contributed by atoms with van der Waals surface area (Å²) in [6, 6.07) is 10.2. The predicted molar refractivity (Wildman–Crippen MR) is 107 cm³/mol. The third-order valence-electron chi connectivity index (χ3n) is 5.36. The van der Waals surface area contributed by atoms with Crippen molar-refractivity contribution in [1.82, 2.24) is 10.2 Å². The number of anilines is 1. The van der Waals surface area contributed by atoms with Crippen molar-refractivity contribution in [2.24, 2.45) is 0 Å². The number of fused-ring (bicyclic) bond motifs is 1. The Kier molecular flexibility index (Phi) is 5.52. The van der Waals surface area contributed by atoms with Gasteiger partial charge in [0.25, 0.3) is 5.91 Å². The van der Waals surface area contributed by atoms with Crippen molar-refractivity contribution in [1.29, 1.82) is 0 Å². The molecule has 0 radical (unpaired) electrons. The topological polar surface area (TPSA) is 58.0 Å². The van der Waals surface area contributed by atoms with Crippen LogP contribution in [0.2, 0.25) is 0 Å². The van der Waals surface area contributed by atoms with Crippen LogP contribution in [0.15, 0.2) is 39.4 Å². The van der Waals surface area contributed by atoms with Crippen LogP contribution in [0.3, 0.4) is 0 Å². The Morgan fingerprint density at radius 2 is 2.04 bits per heavy atom. The molecule has 0 saturated carbocycles. The lowest BCUT2D eigenvalue weighted by atomic mass is 10.0.